The first-order chi connectivity index (χ1) is 18.7. The number of amides is 1. The van der Waals surface area contributed by atoms with E-state index in [-0.39, 0.29) is 18.9 Å². The molecular formula is C28H27BrF3N3O4. The summed E-state index contributed by atoms with van der Waals surface area (Å²) in [4.78, 5) is 18.5. The molecule has 0 spiro atoms. The van der Waals surface area contributed by atoms with Crippen LogP contribution in [0, 0.1) is 0 Å². The average Bonchev–Trinajstić information content (AvgIpc) is 3.31. The second-order valence-corrected chi connectivity index (χ2v) is 9.75. The van der Waals surface area contributed by atoms with E-state index in [0.29, 0.717) is 29.9 Å². The number of rotatable bonds is 11. The van der Waals surface area contributed by atoms with Crippen molar-refractivity contribution >= 4 is 27.7 Å². The molecule has 7 nitrogen and oxygen atoms in total. The van der Waals surface area contributed by atoms with Gasteiger partial charge in [-0.3, -0.25) is 10.2 Å². The summed E-state index contributed by atoms with van der Waals surface area (Å²) in [6.45, 7) is -1.04. The van der Waals surface area contributed by atoms with Crippen molar-refractivity contribution in [2.24, 2.45) is 4.99 Å². The SMILES string of the molecule is O=C(NNCC(F)(F)F)[C@@]1(Cc2ccccc2Br)N=C(c2ccc(OCCCO)cc2)O[C@H]1c1ccccc1. The number of aliphatic imine (C=N–C) groups is 1. The van der Waals surface area contributed by atoms with Crippen molar-refractivity contribution in [2.45, 2.75) is 30.7 Å². The quantitative estimate of drug-likeness (QED) is 0.214. The number of nitrogens with zero attached hydrogens (tertiary/aromatic N) is 1. The molecule has 1 aliphatic rings. The number of halogens is 4. The zero-order valence-corrected chi connectivity index (χ0v) is 22.3. The predicted molar refractivity (Wildman–Crippen MR) is 143 cm³/mol. The lowest BCUT2D eigenvalue weighted by Gasteiger charge is -2.31. The molecule has 0 saturated carbocycles. The average molecular weight is 606 g/mol. The normalized spacial score (nSPS) is 18.8. The number of hydrogen-bond acceptors (Lipinski definition) is 6. The van der Waals surface area contributed by atoms with Gasteiger partial charge in [0.15, 0.2) is 11.6 Å². The van der Waals surface area contributed by atoms with E-state index in [4.69, 9.17) is 19.6 Å². The van der Waals surface area contributed by atoms with Crippen molar-refractivity contribution in [3.8, 4) is 5.75 Å². The van der Waals surface area contributed by atoms with Crippen LogP contribution in [-0.2, 0) is 16.0 Å². The lowest BCUT2D eigenvalue weighted by atomic mass is 9.82. The summed E-state index contributed by atoms with van der Waals surface area (Å²) in [6.07, 6.45) is -4.93. The van der Waals surface area contributed by atoms with Crippen LogP contribution in [0.3, 0.4) is 0 Å². The fourth-order valence-corrected chi connectivity index (χ4v) is 4.60. The number of carbonyl (C=O) groups excluding carboxylic acids is 1. The number of nitrogens with one attached hydrogen (secondary N) is 2. The fraction of sp³-hybridized carbons (Fsp3) is 0.286. The number of alkyl halides is 3. The highest BCUT2D eigenvalue weighted by Crippen LogP contribution is 2.43. The number of carbonyl (C=O) groups is 1. The molecule has 3 aromatic carbocycles. The van der Waals surface area contributed by atoms with E-state index >= 15 is 0 Å². The van der Waals surface area contributed by atoms with Crippen LogP contribution < -0.4 is 15.6 Å². The fourth-order valence-electron chi connectivity index (χ4n) is 4.18. The van der Waals surface area contributed by atoms with E-state index in [1.54, 1.807) is 54.6 Å². The number of hydrogen-bond donors (Lipinski definition) is 3. The molecule has 1 heterocycles. The van der Waals surface area contributed by atoms with Crippen LogP contribution in [0.4, 0.5) is 13.2 Å². The van der Waals surface area contributed by atoms with Crippen LogP contribution in [-0.4, -0.2) is 48.4 Å². The molecule has 1 amide bonds. The summed E-state index contributed by atoms with van der Waals surface area (Å²) < 4.78 is 51.1. The van der Waals surface area contributed by atoms with E-state index in [9.17, 15) is 18.0 Å². The Labute approximate surface area is 232 Å². The first-order valence-electron chi connectivity index (χ1n) is 12.2. The van der Waals surface area contributed by atoms with Gasteiger partial charge in [-0.25, -0.2) is 10.4 Å². The maximum atomic E-state index is 13.7. The second-order valence-electron chi connectivity index (χ2n) is 8.89. The largest absolute Gasteiger partial charge is 0.494 e. The van der Waals surface area contributed by atoms with Crippen LogP contribution in [0.2, 0.25) is 0 Å². The summed E-state index contributed by atoms with van der Waals surface area (Å²) in [6, 6.07) is 23.1. The molecule has 3 aromatic rings. The number of hydrazine groups is 1. The molecule has 0 bridgehead atoms. The third-order valence-corrected chi connectivity index (χ3v) is 6.81. The molecular weight excluding hydrogens is 579 g/mol. The molecule has 11 heteroatoms. The van der Waals surface area contributed by atoms with Gasteiger partial charge in [0, 0.05) is 29.5 Å². The van der Waals surface area contributed by atoms with E-state index in [1.165, 1.54) is 0 Å². The summed E-state index contributed by atoms with van der Waals surface area (Å²) in [7, 11) is 0. The van der Waals surface area contributed by atoms with Crippen molar-refractivity contribution in [2.75, 3.05) is 19.8 Å². The van der Waals surface area contributed by atoms with Gasteiger partial charge in [0.25, 0.3) is 5.91 Å². The minimum atomic E-state index is -4.52. The Morgan fingerprint density at radius 3 is 2.41 bits per heavy atom. The highest BCUT2D eigenvalue weighted by Gasteiger charge is 2.53. The Bertz CT molecular complexity index is 1290. The van der Waals surface area contributed by atoms with Gasteiger partial charge in [-0.05, 0) is 41.5 Å². The topological polar surface area (TPSA) is 92.2 Å². The van der Waals surface area contributed by atoms with E-state index in [0.717, 1.165) is 10.0 Å². The molecule has 0 saturated heterocycles. The second kappa shape index (κ2) is 12.6. The smallest absolute Gasteiger partial charge is 0.402 e. The van der Waals surface area contributed by atoms with Crippen LogP contribution >= 0.6 is 15.9 Å². The molecule has 0 fully saturated rings. The summed E-state index contributed by atoms with van der Waals surface area (Å²) in [5, 5.41) is 8.95. The van der Waals surface area contributed by atoms with Crippen molar-refractivity contribution in [3.05, 3.63) is 100 Å². The Morgan fingerprint density at radius 2 is 1.74 bits per heavy atom. The van der Waals surface area contributed by atoms with Crippen LogP contribution in [0.15, 0.2) is 88.3 Å². The molecule has 0 aromatic heterocycles. The van der Waals surface area contributed by atoms with Crippen molar-refractivity contribution < 1.29 is 32.5 Å². The van der Waals surface area contributed by atoms with Gasteiger partial charge < -0.3 is 14.6 Å². The molecule has 1 aliphatic heterocycles. The molecule has 39 heavy (non-hydrogen) atoms. The van der Waals surface area contributed by atoms with Gasteiger partial charge in [-0.15, -0.1) is 0 Å². The van der Waals surface area contributed by atoms with Gasteiger partial charge >= 0.3 is 6.18 Å². The number of aliphatic hydroxyl groups is 1. The van der Waals surface area contributed by atoms with Gasteiger partial charge in [0.1, 0.15) is 12.3 Å². The van der Waals surface area contributed by atoms with Gasteiger partial charge in [-0.2, -0.15) is 13.2 Å². The first kappa shape index (κ1) is 28.6. The molecule has 2 atom stereocenters. The van der Waals surface area contributed by atoms with Crippen LogP contribution in [0.1, 0.15) is 29.2 Å². The maximum Gasteiger partial charge on any atom is 0.402 e. The highest BCUT2D eigenvalue weighted by molar-refractivity contribution is 9.10. The third-order valence-electron chi connectivity index (χ3n) is 6.04. The minimum absolute atomic E-state index is 0.0170. The number of benzene rings is 3. The molecule has 0 unspecified atom stereocenters. The molecule has 3 N–H and O–H groups in total. The Kier molecular flexibility index (Phi) is 9.26. The van der Waals surface area contributed by atoms with E-state index < -0.39 is 30.3 Å². The Balaban J connectivity index is 1.75. The molecule has 206 valence electrons. The number of aliphatic hydroxyl groups excluding tert-OH is 1. The van der Waals surface area contributed by atoms with Crippen molar-refractivity contribution in [1.29, 1.82) is 0 Å². The van der Waals surface area contributed by atoms with Crippen molar-refractivity contribution in [3.63, 3.8) is 0 Å². The standard InChI is InChI=1S/C28H27BrF3N3O4/c29-23-10-5-4-9-21(23)17-27(26(37)35-33-18-28(30,31)32)24(19-7-2-1-3-8-19)39-25(34-27)20-11-13-22(14-12-20)38-16-6-15-36/h1-5,7-14,24,33,36H,6,15-18H2,(H,35,37)/t24-,27-/m0/s1. The molecule has 0 radical (unpaired) electrons. The minimum Gasteiger partial charge on any atom is -0.494 e. The zero-order chi connectivity index (χ0) is 27.9. The van der Waals surface area contributed by atoms with Gasteiger partial charge in [0.05, 0.1) is 6.61 Å². The Morgan fingerprint density at radius 1 is 1.05 bits per heavy atom. The monoisotopic (exact) mass is 605 g/mol. The first-order valence-corrected chi connectivity index (χ1v) is 13.0. The molecule has 4 rings (SSSR count). The maximum absolute atomic E-state index is 13.7. The third kappa shape index (κ3) is 7.17. The summed E-state index contributed by atoms with van der Waals surface area (Å²) in [5.41, 5.74) is 4.50. The zero-order valence-electron chi connectivity index (χ0n) is 20.7. The van der Waals surface area contributed by atoms with E-state index in [2.05, 4.69) is 21.4 Å². The van der Waals surface area contributed by atoms with Crippen LogP contribution in [0.5, 0.6) is 5.75 Å². The lowest BCUT2D eigenvalue weighted by molar-refractivity contribution is -0.136. The van der Waals surface area contributed by atoms with Crippen molar-refractivity contribution in [1.82, 2.24) is 10.9 Å². The summed E-state index contributed by atoms with van der Waals surface area (Å²) >= 11 is 3.51. The molecule has 0 aliphatic carbocycles. The number of ether oxygens (including phenoxy) is 2. The lowest BCUT2D eigenvalue weighted by Crippen LogP contribution is -2.55. The highest BCUT2D eigenvalue weighted by atomic mass is 79.9. The van der Waals surface area contributed by atoms with Gasteiger partial charge in [-0.1, -0.05) is 64.5 Å². The van der Waals surface area contributed by atoms with E-state index in [1.807, 2.05) is 29.7 Å². The predicted octanol–water partition coefficient (Wildman–Crippen LogP) is 4.89. The Hall–Kier alpha value is -3.41. The van der Waals surface area contributed by atoms with Crippen LogP contribution in [0.25, 0.3) is 0 Å². The van der Waals surface area contributed by atoms with Gasteiger partial charge in [0.2, 0.25) is 5.90 Å². The summed E-state index contributed by atoms with van der Waals surface area (Å²) in [5.74, 6) is -0.0157.